The summed E-state index contributed by atoms with van der Waals surface area (Å²) in [5.41, 5.74) is -1.55. The topological polar surface area (TPSA) is 76.6 Å². The number of amides is 2. The minimum absolute atomic E-state index is 0.0501. The number of benzene rings is 1. The van der Waals surface area contributed by atoms with Crippen LogP contribution in [0.2, 0.25) is 0 Å². The Bertz CT molecular complexity index is 845. The van der Waals surface area contributed by atoms with Crippen LogP contribution in [-0.2, 0) is 22.2 Å². The van der Waals surface area contributed by atoms with Gasteiger partial charge in [-0.1, -0.05) is 17.2 Å². The second-order valence-corrected chi connectivity index (χ2v) is 5.09. The molecule has 9 heteroatoms. The smallest absolute Gasteiger partial charge is 0.329 e. The van der Waals surface area contributed by atoms with E-state index in [1.165, 1.54) is 24.3 Å². The number of hydrogen-bond acceptors (Lipinski definition) is 5. The zero-order valence-corrected chi connectivity index (χ0v) is 12.4. The minimum atomic E-state index is -4.70. The number of nitrogens with zero attached hydrogens (tertiary/aromatic N) is 2. The lowest BCUT2D eigenvalue weighted by Crippen LogP contribution is -2.33. The molecule has 128 valence electrons. The molecule has 0 saturated carbocycles. The van der Waals surface area contributed by atoms with Crippen molar-refractivity contribution in [2.45, 2.75) is 12.6 Å². The third-order valence-corrected chi connectivity index (χ3v) is 3.46. The van der Waals surface area contributed by atoms with Crippen molar-refractivity contribution in [2.24, 2.45) is 0 Å². The fourth-order valence-corrected chi connectivity index (χ4v) is 2.36. The molecule has 1 aromatic heterocycles. The molecule has 2 aromatic rings. The van der Waals surface area contributed by atoms with Crippen LogP contribution in [0.15, 0.2) is 42.6 Å². The summed E-state index contributed by atoms with van der Waals surface area (Å²) in [6.45, 7) is 0. The summed E-state index contributed by atoms with van der Waals surface area (Å²) in [6.07, 6.45) is -4.44. The van der Waals surface area contributed by atoms with E-state index in [4.69, 9.17) is 0 Å². The molecule has 1 aromatic carbocycles. The molecule has 3 rings (SSSR count). The van der Waals surface area contributed by atoms with Crippen molar-refractivity contribution in [3.63, 3.8) is 0 Å². The van der Waals surface area contributed by atoms with E-state index in [1.54, 1.807) is 0 Å². The molecule has 2 heterocycles. The van der Waals surface area contributed by atoms with E-state index in [0.29, 0.717) is 0 Å². The first-order valence-corrected chi connectivity index (χ1v) is 6.98. The summed E-state index contributed by atoms with van der Waals surface area (Å²) >= 11 is 0. The van der Waals surface area contributed by atoms with Crippen molar-refractivity contribution in [3.8, 4) is 0 Å². The molecule has 0 atom stereocenters. The summed E-state index contributed by atoms with van der Waals surface area (Å²) < 4.78 is 38.7. The quantitative estimate of drug-likeness (QED) is 0.795. The molecule has 0 unspecified atom stereocenters. The van der Waals surface area contributed by atoms with Gasteiger partial charge in [-0.2, -0.15) is 13.2 Å². The molecule has 0 spiro atoms. The van der Waals surface area contributed by atoms with E-state index in [2.05, 4.69) is 9.82 Å². The number of carbonyl (C=O) groups excluding carboxylic acids is 3. The van der Waals surface area contributed by atoms with Crippen LogP contribution in [0.3, 0.4) is 0 Å². The number of halogens is 3. The Kier molecular flexibility index (Phi) is 3.99. The second kappa shape index (κ2) is 6.00. The molecule has 1 aliphatic heterocycles. The maximum Gasteiger partial charge on any atom is 0.418 e. The molecule has 6 nitrogen and oxygen atoms in total. The predicted octanol–water partition coefficient (Wildman–Crippen LogP) is 2.40. The van der Waals surface area contributed by atoms with E-state index in [-0.39, 0.29) is 16.2 Å². The monoisotopic (exact) mass is 350 g/mol. The average Bonchev–Trinajstić information content (AvgIpc) is 2.80. The van der Waals surface area contributed by atoms with E-state index in [1.807, 2.05) is 0 Å². The number of rotatable bonds is 3. The first-order valence-electron chi connectivity index (χ1n) is 6.98. The summed E-state index contributed by atoms with van der Waals surface area (Å²) in [4.78, 5) is 44.2. The van der Waals surface area contributed by atoms with Gasteiger partial charge in [-0.05, 0) is 24.3 Å². The number of carbonyl (C=O) groups is 3. The number of fused-ring (bicyclic) bond motifs is 1. The maximum absolute atomic E-state index is 12.9. The maximum atomic E-state index is 12.9. The molecule has 0 bridgehead atoms. The zero-order chi connectivity index (χ0) is 18.2. The van der Waals surface area contributed by atoms with Gasteiger partial charge in [-0.15, -0.1) is 0 Å². The number of aromatic nitrogens is 1. The van der Waals surface area contributed by atoms with Crippen LogP contribution in [0, 0.1) is 0 Å². The fourth-order valence-electron chi connectivity index (χ4n) is 2.36. The highest BCUT2D eigenvalue weighted by Gasteiger charge is 2.39. The molecule has 0 N–H and O–H groups in total. The Morgan fingerprint density at radius 1 is 1.04 bits per heavy atom. The van der Waals surface area contributed by atoms with Crippen LogP contribution >= 0.6 is 0 Å². The highest BCUT2D eigenvalue weighted by atomic mass is 19.4. The Morgan fingerprint density at radius 2 is 1.64 bits per heavy atom. The van der Waals surface area contributed by atoms with Crippen molar-refractivity contribution in [1.82, 2.24) is 10.0 Å². The molecule has 0 saturated heterocycles. The Hall–Kier alpha value is -3.23. The van der Waals surface area contributed by atoms with Gasteiger partial charge >= 0.3 is 12.1 Å². The van der Waals surface area contributed by atoms with E-state index >= 15 is 0 Å². The Labute approximate surface area is 138 Å². The number of hydrogen-bond donors (Lipinski definition) is 0. The summed E-state index contributed by atoms with van der Waals surface area (Å²) in [6, 6.07) is 7.67. The van der Waals surface area contributed by atoms with Crippen molar-refractivity contribution in [1.29, 1.82) is 0 Å². The molecular weight excluding hydrogens is 341 g/mol. The predicted molar refractivity (Wildman–Crippen MR) is 76.0 cm³/mol. The third-order valence-electron chi connectivity index (χ3n) is 3.46. The molecular formula is C16H9F3N2O4. The number of imide groups is 1. The van der Waals surface area contributed by atoms with Gasteiger partial charge in [0.1, 0.15) is 0 Å². The first-order chi connectivity index (χ1) is 11.8. The van der Waals surface area contributed by atoms with Crippen LogP contribution in [0.5, 0.6) is 0 Å². The van der Waals surface area contributed by atoms with Crippen LogP contribution < -0.4 is 0 Å². The van der Waals surface area contributed by atoms with Crippen molar-refractivity contribution in [3.05, 3.63) is 65.0 Å². The van der Waals surface area contributed by atoms with Gasteiger partial charge in [-0.3, -0.25) is 14.6 Å². The van der Waals surface area contributed by atoms with Crippen LogP contribution in [0.1, 0.15) is 32.0 Å². The van der Waals surface area contributed by atoms with Crippen molar-refractivity contribution >= 4 is 17.8 Å². The minimum Gasteiger partial charge on any atom is -0.329 e. The van der Waals surface area contributed by atoms with Crippen LogP contribution in [0.4, 0.5) is 13.2 Å². The van der Waals surface area contributed by atoms with Crippen LogP contribution in [-0.4, -0.2) is 27.8 Å². The van der Waals surface area contributed by atoms with Gasteiger partial charge in [-0.25, -0.2) is 4.79 Å². The number of pyridine rings is 1. The van der Waals surface area contributed by atoms with Gasteiger partial charge in [0.05, 0.1) is 28.8 Å². The molecule has 0 aliphatic carbocycles. The SMILES string of the molecule is O=C(Cc1ncccc1C(F)(F)F)ON1C(=O)c2ccccc2C1=O. The molecule has 0 fully saturated rings. The van der Waals surface area contributed by atoms with Gasteiger partial charge in [0.2, 0.25) is 0 Å². The van der Waals surface area contributed by atoms with E-state index in [9.17, 15) is 27.6 Å². The molecule has 0 radical (unpaired) electrons. The molecule has 2 amide bonds. The van der Waals surface area contributed by atoms with Gasteiger partial charge in [0.15, 0.2) is 0 Å². The lowest BCUT2D eigenvalue weighted by Gasteiger charge is -2.14. The normalized spacial score (nSPS) is 13.8. The Balaban J connectivity index is 1.77. The highest BCUT2D eigenvalue weighted by molar-refractivity contribution is 6.20. The van der Waals surface area contributed by atoms with Gasteiger partial charge in [0.25, 0.3) is 11.8 Å². The second-order valence-electron chi connectivity index (χ2n) is 5.09. The van der Waals surface area contributed by atoms with Crippen LogP contribution in [0.25, 0.3) is 0 Å². The fraction of sp³-hybridized carbons (Fsp3) is 0.125. The Morgan fingerprint density at radius 3 is 2.20 bits per heavy atom. The number of hydroxylamine groups is 2. The van der Waals surface area contributed by atoms with E-state index in [0.717, 1.165) is 18.3 Å². The lowest BCUT2D eigenvalue weighted by atomic mass is 10.1. The first kappa shape index (κ1) is 16.6. The lowest BCUT2D eigenvalue weighted by molar-refractivity contribution is -0.168. The zero-order valence-electron chi connectivity index (χ0n) is 12.4. The molecule has 1 aliphatic rings. The third kappa shape index (κ3) is 3.08. The van der Waals surface area contributed by atoms with Crippen molar-refractivity contribution in [2.75, 3.05) is 0 Å². The summed E-state index contributed by atoms with van der Waals surface area (Å²) in [7, 11) is 0. The van der Waals surface area contributed by atoms with Gasteiger partial charge < -0.3 is 4.84 Å². The van der Waals surface area contributed by atoms with E-state index < -0.39 is 41.6 Å². The highest BCUT2D eigenvalue weighted by Crippen LogP contribution is 2.31. The average molecular weight is 350 g/mol. The van der Waals surface area contributed by atoms with Crippen molar-refractivity contribution < 1.29 is 32.4 Å². The largest absolute Gasteiger partial charge is 0.418 e. The summed E-state index contributed by atoms with van der Waals surface area (Å²) in [5, 5.41) is 0.239. The van der Waals surface area contributed by atoms with Gasteiger partial charge in [0, 0.05) is 6.20 Å². The standard InChI is InChI=1S/C16H9F3N2O4/c17-16(18,19)11-6-3-7-20-12(11)8-13(22)25-21-14(23)9-4-1-2-5-10(9)15(21)24/h1-7H,8H2. The molecule has 25 heavy (non-hydrogen) atoms. The number of alkyl halides is 3. The summed E-state index contributed by atoms with van der Waals surface area (Å²) in [5.74, 6) is -2.92.